The van der Waals surface area contributed by atoms with Crippen LogP contribution in [0, 0.1) is 0 Å². The van der Waals surface area contributed by atoms with Crippen molar-refractivity contribution < 1.29 is 4.79 Å². The van der Waals surface area contributed by atoms with E-state index >= 15 is 0 Å². The van der Waals surface area contributed by atoms with Crippen LogP contribution >= 0.6 is 11.6 Å². The summed E-state index contributed by atoms with van der Waals surface area (Å²) in [5.74, 6) is 0.581. The Morgan fingerprint density at radius 3 is 2.74 bits per heavy atom. The van der Waals surface area contributed by atoms with Crippen LogP contribution in [0.5, 0.6) is 0 Å². The molecular formula is C14H22ClN3O. The fraction of sp³-hybridized carbons (Fsp3) is 0.571. The van der Waals surface area contributed by atoms with Crippen LogP contribution in [-0.2, 0) is 0 Å². The SMILES string of the molecule is CCCNc1ncc(C(=O)N(C)C(C)CC)cc1Cl. The molecule has 0 fully saturated rings. The highest BCUT2D eigenvalue weighted by Gasteiger charge is 2.17. The van der Waals surface area contributed by atoms with Crippen LogP contribution in [0.4, 0.5) is 5.82 Å². The zero-order valence-electron chi connectivity index (χ0n) is 12.0. The molecule has 1 rings (SSSR count). The minimum atomic E-state index is -0.0502. The summed E-state index contributed by atoms with van der Waals surface area (Å²) in [7, 11) is 1.80. The molecular weight excluding hydrogens is 262 g/mol. The van der Waals surface area contributed by atoms with E-state index < -0.39 is 0 Å². The molecule has 19 heavy (non-hydrogen) atoms. The highest BCUT2D eigenvalue weighted by atomic mass is 35.5. The van der Waals surface area contributed by atoms with Gasteiger partial charge in [0.05, 0.1) is 10.6 Å². The van der Waals surface area contributed by atoms with Gasteiger partial charge in [0, 0.05) is 25.8 Å². The van der Waals surface area contributed by atoms with Gasteiger partial charge in [0.15, 0.2) is 0 Å². The number of halogens is 1. The zero-order chi connectivity index (χ0) is 14.4. The van der Waals surface area contributed by atoms with Crippen molar-refractivity contribution in [3.05, 3.63) is 22.8 Å². The third-order valence-corrected chi connectivity index (χ3v) is 3.49. The van der Waals surface area contributed by atoms with Crippen LogP contribution in [0.3, 0.4) is 0 Å². The summed E-state index contributed by atoms with van der Waals surface area (Å²) >= 11 is 6.13. The van der Waals surface area contributed by atoms with Crippen LogP contribution in [0.1, 0.15) is 44.0 Å². The van der Waals surface area contributed by atoms with E-state index in [0.717, 1.165) is 19.4 Å². The quantitative estimate of drug-likeness (QED) is 0.870. The predicted molar refractivity (Wildman–Crippen MR) is 79.9 cm³/mol. The molecule has 0 radical (unpaired) electrons. The number of nitrogens with zero attached hydrogens (tertiary/aromatic N) is 2. The molecule has 0 saturated heterocycles. The number of carbonyl (C=O) groups excluding carboxylic acids is 1. The van der Waals surface area contributed by atoms with Crippen molar-refractivity contribution in [3.63, 3.8) is 0 Å². The lowest BCUT2D eigenvalue weighted by Crippen LogP contribution is -2.34. The molecule has 1 unspecified atom stereocenters. The van der Waals surface area contributed by atoms with Gasteiger partial charge in [0.1, 0.15) is 5.82 Å². The standard InChI is InChI=1S/C14H22ClN3O/c1-5-7-16-13-12(15)8-11(9-17-13)14(19)18(4)10(3)6-2/h8-10H,5-7H2,1-4H3,(H,16,17). The van der Waals surface area contributed by atoms with E-state index in [0.29, 0.717) is 16.4 Å². The lowest BCUT2D eigenvalue weighted by atomic mass is 10.2. The molecule has 0 aliphatic rings. The minimum absolute atomic E-state index is 0.0502. The lowest BCUT2D eigenvalue weighted by Gasteiger charge is -2.23. The number of pyridine rings is 1. The topological polar surface area (TPSA) is 45.2 Å². The number of rotatable bonds is 6. The molecule has 106 valence electrons. The lowest BCUT2D eigenvalue weighted by molar-refractivity contribution is 0.0740. The van der Waals surface area contributed by atoms with E-state index in [1.807, 2.05) is 6.92 Å². The Hall–Kier alpha value is -1.29. The summed E-state index contributed by atoms with van der Waals surface area (Å²) in [5, 5.41) is 3.61. The van der Waals surface area contributed by atoms with Crippen molar-refractivity contribution in [1.29, 1.82) is 0 Å². The first-order valence-electron chi connectivity index (χ1n) is 6.67. The van der Waals surface area contributed by atoms with E-state index in [1.165, 1.54) is 0 Å². The second kappa shape index (κ2) is 7.34. The smallest absolute Gasteiger partial charge is 0.255 e. The molecule has 0 spiro atoms. The van der Waals surface area contributed by atoms with Gasteiger partial charge in [-0.05, 0) is 25.8 Å². The van der Waals surface area contributed by atoms with Crippen molar-refractivity contribution in [2.75, 3.05) is 18.9 Å². The molecule has 1 amide bonds. The Morgan fingerprint density at radius 1 is 1.53 bits per heavy atom. The number of hydrogen-bond acceptors (Lipinski definition) is 3. The van der Waals surface area contributed by atoms with Gasteiger partial charge in [-0.3, -0.25) is 4.79 Å². The molecule has 0 aromatic carbocycles. The Balaban J connectivity index is 2.85. The monoisotopic (exact) mass is 283 g/mol. The van der Waals surface area contributed by atoms with Crippen molar-refractivity contribution in [1.82, 2.24) is 9.88 Å². The number of nitrogens with one attached hydrogen (secondary N) is 1. The summed E-state index contributed by atoms with van der Waals surface area (Å²) < 4.78 is 0. The maximum atomic E-state index is 12.2. The van der Waals surface area contributed by atoms with E-state index in [9.17, 15) is 4.79 Å². The van der Waals surface area contributed by atoms with Gasteiger partial charge >= 0.3 is 0 Å². The molecule has 0 bridgehead atoms. The molecule has 1 aromatic heterocycles. The van der Waals surface area contributed by atoms with Crippen molar-refractivity contribution in [3.8, 4) is 0 Å². The Labute approximate surface area is 120 Å². The van der Waals surface area contributed by atoms with Crippen LogP contribution in [0.25, 0.3) is 0 Å². The fourth-order valence-corrected chi connectivity index (χ4v) is 1.84. The summed E-state index contributed by atoms with van der Waals surface area (Å²) in [6.45, 7) is 6.95. The number of hydrogen-bond donors (Lipinski definition) is 1. The van der Waals surface area contributed by atoms with Crippen LogP contribution < -0.4 is 5.32 Å². The van der Waals surface area contributed by atoms with E-state index in [-0.39, 0.29) is 11.9 Å². The van der Waals surface area contributed by atoms with Gasteiger partial charge < -0.3 is 10.2 Å². The maximum Gasteiger partial charge on any atom is 0.255 e. The molecule has 0 aliphatic carbocycles. The third-order valence-electron chi connectivity index (χ3n) is 3.20. The van der Waals surface area contributed by atoms with Crippen molar-refractivity contribution >= 4 is 23.3 Å². The van der Waals surface area contributed by atoms with Gasteiger partial charge in [0.25, 0.3) is 5.91 Å². The first kappa shape index (κ1) is 15.8. The molecule has 1 aromatic rings. The summed E-state index contributed by atoms with van der Waals surface area (Å²) in [4.78, 5) is 18.2. The normalized spacial score (nSPS) is 12.1. The average Bonchev–Trinajstić information content (AvgIpc) is 2.43. The summed E-state index contributed by atoms with van der Waals surface area (Å²) in [5.41, 5.74) is 0.523. The minimum Gasteiger partial charge on any atom is -0.369 e. The molecule has 0 aliphatic heterocycles. The predicted octanol–water partition coefficient (Wildman–Crippen LogP) is 3.43. The number of aromatic nitrogens is 1. The first-order valence-corrected chi connectivity index (χ1v) is 7.05. The van der Waals surface area contributed by atoms with E-state index in [2.05, 4.69) is 24.1 Å². The largest absolute Gasteiger partial charge is 0.369 e. The molecule has 1 heterocycles. The van der Waals surface area contributed by atoms with Gasteiger partial charge in [-0.15, -0.1) is 0 Å². The van der Waals surface area contributed by atoms with Crippen LogP contribution in [0.15, 0.2) is 12.3 Å². The second-order valence-corrected chi connectivity index (χ2v) is 5.06. The molecule has 1 atom stereocenters. The highest BCUT2D eigenvalue weighted by molar-refractivity contribution is 6.33. The number of carbonyl (C=O) groups is 1. The van der Waals surface area contributed by atoms with Gasteiger partial charge in [-0.1, -0.05) is 25.4 Å². The molecule has 1 N–H and O–H groups in total. The summed E-state index contributed by atoms with van der Waals surface area (Å²) in [6.07, 6.45) is 3.49. The van der Waals surface area contributed by atoms with Gasteiger partial charge in [-0.2, -0.15) is 0 Å². The molecule has 0 saturated carbocycles. The maximum absolute atomic E-state index is 12.2. The Kier molecular flexibility index (Phi) is 6.09. The Bertz CT molecular complexity index is 437. The molecule has 4 nitrogen and oxygen atoms in total. The van der Waals surface area contributed by atoms with E-state index in [1.54, 1.807) is 24.2 Å². The van der Waals surface area contributed by atoms with Gasteiger partial charge in [-0.25, -0.2) is 4.98 Å². The van der Waals surface area contributed by atoms with Crippen molar-refractivity contribution in [2.45, 2.75) is 39.7 Å². The van der Waals surface area contributed by atoms with Crippen LogP contribution in [0.2, 0.25) is 5.02 Å². The zero-order valence-corrected chi connectivity index (χ0v) is 12.8. The molecule has 5 heteroatoms. The summed E-state index contributed by atoms with van der Waals surface area (Å²) in [6, 6.07) is 1.87. The van der Waals surface area contributed by atoms with Gasteiger partial charge in [0.2, 0.25) is 0 Å². The first-order chi connectivity index (χ1) is 9.01. The average molecular weight is 284 g/mol. The number of amides is 1. The fourth-order valence-electron chi connectivity index (χ4n) is 1.61. The number of anilines is 1. The highest BCUT2D eigenvalue weighted by Crippen LogP contribution is 2.21. The van der Waals surface area contributed by atoms with E-state index in [4.69, 9.17) is 11.6 Å². The third kappa shape index (κ3) is 4.10. The Morgan fingerprint density at radius 2 is 2.21 bits per heavy atom. The van der Waals surface area contributed by atoms with Crippen LogP contribution in [-0.4, -0.2) is 35.4 Å². The van der Waals surface area contributed by atoms with Crippen molar-refractivity contribution in [2.24, 2.45) is 0 Å². The second-order valence-electron chi connectivity index (χ2n) is 4.65.